The second-order valence-electron chi connectivity index (χ2n) is 2.46. The Kier molecular flexibility index (Phi) is 1.80. The lowest BCUT2D eigenvalue weighted by atomic mass is 10.2. The predicted octanol–water partition coefficient (Wildman–Crippen LogP) is 3.79. The molecule has 0 nitrogen and oxygen atoms in total. The molecule has 0 spiro atoms. The van der Waals surface area contributed by atoms with E-state index in [1.54, 1.807) is 11.3 Å². The quantitative estimate of drug-likeness (QED) is 0.626. The fourth-order valence-corrected chi connectivity index (χ4v) is 2.40. The maximum atomic E-state index is 2.23. The Morgan fingerprint density at radius 1 is 1.18 bits per heavy atom. The average molecular weight is 180 g/mol. The van der Waals surface area contributed by atoms with Crippen molar-refractivity contribution in [3.63, 3.8) is 0 Å². The van der Waals surface area contributed by atoms with Gasteiger partial charge in [0.2, 0.25) is 0 Å². The Bertz CT molecular complexity index is 330. The minimum Gasteiger partial charge on any atom is -0.152 e. The normalized spacial score (nSPS) is 10.3. The van der Waals surface area contributed by atoms with Crippen LogP contribution in [0.2, 0.25) is 0 Å². The Balaban J connectivity index is 2.45. The summed E-state index contributed by atoms with van der Waals surface area (Å²) in [5.41, 5.74) is 2.70. The van der Waals surface area contributed by atoms with E-state index < -0.39 is 0 Å². The van der Waals surface area contributed by atoms with Crippen molar-refractivity contribution in [1.82, 2.24) is 0 Å². The first-order valence-electron chi connectivity index (χ1n) is 3.44. The van der Waals surface area contributed by atoms with Gasteiger partial charge in [-0.05, 0) is 46.3 Å². The minimum atomic E-state index is 1.35. The van der Waals surface area contributed by atoms with Gasteiger partial charge in [0, 0.05) is 4.88 Å². The molecule has 0 N–H and O–H groups in total. The maximum Gasteiger partial charge on any atom is 0.00205 e. The number of aryl methyl sites for hydroxylation is 1. The third-order valence-corrected chi connectivity index (χ3v) is 3.13. The standard InChI is InChI=1S/C9H8S2/c1-7-4-9(6-11-7)8-2-3-10-5-8/h2-6H,1H3. The van der Waals surface area contributed by atoms with E-state index >= 15 is 0 Å². The van der Waals surface area contributed by atoms with Crippen molar-refractivity contribution in [2.45, 2.75) is 6.92 Å². The van der Waals surface area contributed by atoms with E-state index in [9.17, 15) is 0 Å². The molecule has 2 rings (SSSR count). The summed E-state index contributed by atoms with van der Waals surface area (Å²) < 4.78 is 0. The molecule has 11 heavy (non-hydrogen) atoms. The van der Waals surface area contributed by atoms with Crippen LogP contribution in [0.25, 0.3) is 11.1 Å². The van der Waals surface area contributed by atoms with E-state index in [-0.39, 0.29) is 0 Å². The fourth-order valence-electron chi connectivity index (χ4n) is 1.02. The lowest BCUT2D eigenvalue weighted by Crippen LogP contribution is -1.62. The van der Waals surface area contributed by atoms with Crippen molar-refractivity contribution in [3.05, 3.63) is 33.2 Å². The lowest BCUT2D eigenvalue weighted by molar-refractivity contribution is 1.63. The molecule has 0 aliphatic rings. The molecule has 0 aliphatic heterocycles. The Labute approximate surface area is 74.1 Å². The molecule has 0 atom stereocenters. The van der Waals surface area contributed by atoms with Gasteiger partial charge in [-0.1, -0.05) is 0 Å². The Morgan fingerprint density at radius 2 is 2.09 bits per heavy atom. The van der Waals surface area contributed by atoms with E-state index in [1.165, 1.54) is 16.0 Å². The first-order chi connectivity index (χ1) is 5.36. The topological polar surface area (TPSA) is 0 Å². The number of rotatable bonds is 1. The summed E-state index contributed by atoms with van der Waals surface area (Å²) in [5, 5.41) is 6.50. The highest BCUT2D eigenvalue weighted by molar-refractivity contribution is 7.10. The molecule has 0 radical (unpaired) electrons. The van der Waals surface area contributed by atoms with E-state index in [2.05, 4.69) is 35.2 Å². The van der Waals surface area contributed by atoms with Crippen LogP contribution in [0.5, 0.6) is 0 Å². The molecule has 0 amide bonds. The molecule has 2 heteroatoms. The second-order valence-corrected chi connectivity index (χ2v) is 4.35. The average Bonchev–Trinajstić information content (AvgIpc) is 2.55. The van der Waals surface area contributed by atoms with Crippen LogP contribution in [-0.2, 0) is 0 Å². The predicted molar refractivity (Wildman–Crippen MR) is 52.4 cm³/mol. The summed E-state index contributed by atoms with van der Waals surface area (Å²) >= 11 is 3.56. The third kappa shape index (κ3) is 1.37. The van der Waals surface area contributed by atoms with E-state index in [0.29, 0.717) is 0 Å². The Morgan fingerprint density at radius 3 is 2.64 bits per heavy atom. The van der Waals surface area contributed by atoms with Crippen molar-refractivity contribution in [1.29, 1.82) is 0 Å². The summed E-state index contributed by atoms with van der Waals surface area (Å²) in [6.07, 6.45) is 0. The van der Waals surface area contributed by atoms with Gasteiger partial charge in [-0.25, -0.2) is 0 Å². The minimum absolute atomic E-state index is 1.35. The molecule has 2 aromatic heterocycles. The van der Waals surface area contributed by atoms with Gasteiger partial charge in [-0.15, -0.1) is 11.3 Å². The van der Waals surface area contributed by atoms with Gasteiger partial charge >= 0.3 is 0 Å². The molecule has 0 fully saturated rings. The van der Waals surface area contributed by atoms with Crippen molar-refractivity contribution in [2.24, 2.45) is 0 Å². The zero-order chi connectivity index (χ0) is 7.68. The SMILES string of the molecule is Cc1cc(-c2ccsc2)cs1. The van der Waals surface area contributed by atoms with Crippen LogP contribution in [0.3, 0.4) is 0 Å². The number of hydrogen-bond acceptors (Lipinski definition) is 2. The molecule has 0 unspecified atom stereocenters. The summed E-state index contributed by atoms with van der Waals surface area (Å²) in [6.45, 7) is 2.14. The van der Waals surface area contributed by atoms with Crippen molar-refractivity contribution >= 4 is 22.7 Å². The summed E-state index contributed by atoms with van der Waals surface area (Å²) in [7, 11) is 0. The van der Waals surface area contributed by atoms with Crippen LogP contribution in [0.4, 0.5) is 0 Å². The van der Waals surface area contributed by atoms with Crippen molar-refractivity contribution < 1.29 is 0 Å². The highest BCUT2D eigenvalue weighted by Gasteiger charge is 1.98. The first-order valence-corrected chi connectivity index (χ1v) is 5.26. The highest BCUT2D eigenvalue weighted by Crippen LogP contribution is 2.26. The van der Waals surface area contributed by atoms with Crippen molar-refractivity contribution in [3.8, 4) is 11.1 Å². The van der Waals surface area contributed by atoms with Crippen LogP contribution in [0, 0.1) is 6.92 Å². The van der Waals surface area contributed by atoms with E-state index in [4.69, 9.17) is 0 Å². The van der Waals surface area contributed by atoms with E-state index in [0.717, 1.165) is 0 Å². The summed E-state index contributed by atoms with van der Waals surface area (Å²) in [4.78, 5) is 1.38. The van der Waals surface area contributed by atoms with Crippen LogP contribution in [0.15, 0.2) is 28.3 Å². The number of thiophene rings is 2. The van der Waals surface area contributed by atoms with Crippen molar-refractivity contribution in [2.75, 3.05) is 0 Å². The molecule has 0 aromatic carbocycles. The van der Waals surface area contributed by atoms with Gasteiger partial charge in [0.25, 0.3) is 0 Å². The van der Waals surface area contributed by atoms with Gasteiger partial charge in [-0.3, -0.25) is 0 Å². The monoisotopic (exact) mass is 180 g/mol. The molecule has 0 saturated heterocycles. The fraction of sp³-hybridized carbons (Fsp3) is 0.111. The first kappa shape index (κ1) is 7.07. The molecular formula is C9H8S2. The molecule has 0 aliphatic carbocycles. The third-order valence-electron chi connectivity index (χ3n) is 1.59. The lowest BCUT2D eigenvalue weighted by Gasteiger charge is -1.86. The zero-order valence-electron chi connectivity index (χ0n) is 6.20. The van der Waals surface area contributed by atoms with Gasteiger partial charge < -0.3 is 0 Å². The van der Waals surface area contributed by atoms with Crippen LogP contribution < -0.4 is 0 Å². The Hall–Kier alpha value is -0.600. The molecule has 56 valence electrons. The molecule has 2 heterocycles. The van der Waals surface area contributed by atoms with Gasteiger partial charge in [-0.2, -0.15) is 11.3 Å². The summed E-state index contributed by atoms with van der Waals surface area (Å²) in [6, 6.07) is 4.39. The van der Waals surface area contributed by atoms with Crippen LogP contribution in [0.1, 0.15) is 4.88 Å². The molecule has 0 bridgehead atoms. The smallest absolute Gasteiger partial charge is 0.00205 e. The zero-order valence-corrected chi connectivity index (χ0v) is 7.84. The van der Waals surface area contributed by atoms with Crippen LogP contribution in [-0.4, -0.2) is 0 Å². The van der Waals surface area contributed by atoms with Gasteiger partial charge in [0.1, 0.15) is 0 Å². The van der Waals surface area contributed by atoms with Gasteiger partial charge in [0.15, 0.2) is 0 Å². The largest absolute Gasteiger partial charge is 0.152 e. The molecule has 0 saturated carbocycles. The van der Waals surface area contributed by atoms with Gasteiger partial charge in [0.05, 0.1) is 0 Å². The van der Waals surface area contributed by atoms with Crippen LogP contribution >= 0.6 is 22.7 Å². The second kappa shape index (κ2) is 2.80. The molecule has 2 aromatic rings. The summed E-state index contributed by atoms with van der Waals surface area (Å²) in [5.74, 6) is 0. The highest BCUT2D eigenvalue weighted by atomic mass is 32.1. The maximum absolute atomic E-state index is 2.23. The van der Waals surface area contributed by atoms with E-state index in [1.807, 2.05) is 11.3 Å². The molecular weight excluding hydrogens is 172 g/mol. The number of hydrogen-bond donors (Lipinski definition) is 0.